The first-order valence-corrected chi connectivity index (χ1v) is 11.0. The van der Waals surface area contributed by atoms with Crippen LogP contribution in [0.5, 0.6) is 0 Å². The molecule has 1 N–H and O–H groups in total. The van der Waals surface area contributed by atoms with E-state index in [1.165, 1.54) is 9.91 Å². The number of amides is 3. The summed E-state index contributed by atoms with van der Waals surface area (Å²) in [5.41, 5.74) is 1.81. The number of nitrogens with zero attached hydrogens (tertiary/aromatic N) is 3. The van der Waals surface area contributed by atoms with Crippen molar-refractivity contribution in [3.63, 3.8) is 0 Å². The Hall–Kier alpha value is -2.42. The van der Waals surface area contributed by atoms with E-state index in [-0.39, 0.29) is 24.5 Å². The van der Waals surface area contributed by atoms with E-state index in [2.05, 4.69) is 10.4 Å². The lowest BCUT2D eigenvalue weighted by molar-refractivity contribution is -0.133. The van der Waals surface area contributed by atoms with Gasteiger partial charge in [-0.05, 0) is 36.1 Å². The predicted octanol–water partition coefficient (Wildman–Crippen LogP) is 3.76. The molecule has 0 saturated carbocycles. The van der Waals surface area contributed by atoms with Gasteiger partial charge in [0, 0.05) is 31.6 Å². The lowest BCUT2D eigenvalue weighted by atomic mass is 10.0. The van der Waals surface area contributed by atoms with E-state index in [4.69, 9.17) is 16.3 Å². The van der Waals surface area contributed by atoms with Gasteiger partial charge < -0.3 is 15.0 Å². The Bertz CT molecular complexity index is 886. The van der Waals surface area contributed by atoms with Gasteiger partial charge in [-0.1, -0.05) is 29.8 Å². The monoisotopic (exact) mass is 448 g/mol. The summed E-state index contributed by atoms with van der Waals surface area (Å²) in [6.07, 6.45) is 0.604. The molecule has 3 amide bonds. The maximum absolute atomic E-state index is 13.2. The van der Waals surface area contributed by atoms with Crippen LogP contribution >= 0.6 is 22.9 Å². The average molecular weight is 449 g/mol. The molecule has 160 valence electrons. The SMILES string of the molecule is CCNC(=O)N(CCOC)CC(=O)N1N=C(c2cccs2)CC1c1ccc(Cl)cc1. The van der Waals surface area contributed by atoms with Crippen molar-refractivity contribution in [2.45, 2.75) is 19.4 Å². The van der Waals surface area contributed by atoms with E-state index in [9.17, 15) is 9.59 Å². The van der Waals surface area contributed by atoms with Crippen molar-refractivity contribution in [1.82, 2.24) is 15.2 Å². The molecule has 1 aromatic carbocycles. The first-order valence-electron chi connectivity index (χ1n) is 9.74. The molecule has 0 fully saturated rings. The third kappa shape index (κ3) is 5.38. The van der Waals surface area contributed by atoms with Crippen LogP contribution in [0.25, 0.3) is 0 Å². The molecule has 1 aromatic heterocycles. The fourth-order valence-corrected chi connectivity index (χ4v) is 4.08. The second-order valence-electron chi connectivity index (χ2n) is 6.78. The molecule has 0 radical (unpaired) electrons. The molecule has 0 bridgehead atoms. The van der Waals surface area contributed by atoms with Gasteiger partial charge in [-0.2, -0.15) is 5.10 Å². The second kappa shape index (κ2) is 10.6. The van der Waals surface area contributed by atoms with Gasteiger partial charge >= 0.3 is 6.03 Å². The minimum absolute atomic E-state index is 0.0828. The summed E-state index contributed by atoms with van der Waals surface area (Å²) >= 11 is 7.63. The number of hydrogen-bond acceptors (Lipinski definition) is 5. The van der Waals surface area contributed by atoms with Gasteiger partial charge in [0.15, 0.2) is 0 Å². The van der Waals surface area contributed by atoms with Crippen LogP contribution in [0.2, 0.25) is 5.02 Å². The summed E-state index contributed by atoms with van der Waals surface area (Å²) in [5, 5.41) is 11.5. The molecule has 2 aromatic rings. The smallest absolute Gasteiger partial charge is 0.317 e. The Morgan fingerprint density at radius 2 is 2.10 bits per heavy atom. The van der Waals surface area contributed by atoms with E-state index in [1.54, 1.807) is 18.4 Å². The van der Waals surface area contributed by atoms with Crippen molar-refractivity contribution in [2.24, 2.45) is 5.10 Å². The van der Waals surface area contributed by atoms with Gasteiger partial charge in [-0.3, -0.25) is 4.79 Å². The van der Waals surface area contributed by atoms with Crippen LogP contribution in [0.4, 0.5) is 4.79 Å². The molecule has 2 heterocycles. The van der Waals surface area contributed by atoms with Crippen LogP contribution in [0, 0.1) is 0 Å². The van der Waals surface area contributed by atoms with Gasteiger partial charge in [-0.15, -0.1) is 11.3 Å². The highest BCUT2D eigenvalue weighted by Crippen LogP contribution is 2.34. The second-order valence-corrected chi connectivity index (χ2v) is 8.17. The average Bonchev–Trinajstić information content (AvgIpc) is 3.41. The highest BCUT2D eigenvalue weighted by atomic mass is 35.5. The summed E-state index contributed by atoms with van der Waals surface area (Å²) in [6.45, 7) is 2.89. The number of methoxy groups -OCH3 is 1. The van der Waals surface area contributed by atoms with E-state index in [0.29, 0.717) is 31.1 Å². The number of thiophene rings is 1. The van der Waals surface area contributed by atoms with Crippen molar-refractivity contribution in [1.29, 1.82) is 0 Å². The Balaban J connectivity index is 1.84. The lowest BCUT2D eigenvalue weighted by Crippen LogP contribution is -2.47. The zero-order chi connectivity index (χ0) is 21.5. The summed E-state index contributed by atoms with van der Waals surface area (Å²) in [5.74, 6) is -0.246. The molecule has 1 aliphatic rings. The first kappa shape index (κ1) is 22.3. The van der Waals surface area contributed by atoms with Crippen molar-refractivity contribution < 1.29 is 14.3 Å². The summed E-state index contributed by atoms with van der Waals surface area (Å²) in [6, 6.07) is 10.9. The molecule has 0 spiro atoms. The minimum atomic E-state index is -0.299. The van der Waals surface area contributed by atoms with Crippen LogP contribution in [0.15, 0.2) is 46.9 Å². The number of rotatable bonds is 8. The maximum Gasteiger partial charge on any atom is 0.317 e. The van der Waals surface area contributed by atoms with Crippen LogP contribution in [0.3, 0.4) is 0 Å². The molecule has 1 aliphatic heterocycles. The quantitative estimate of drug-likeness (QED) is 0.668. The minimum Gasteiger partial charge on any atom is -0.383 e. The maximum atomic E-state index is 13.2. The van der Waals surface area contributed by atoms with Crippen molar-refractivity contribution in [3.05, 3.63) is 57.2 Å². The Labute approximate surface area is 185 Å². The molecule has 3 rings (SSSR count). The molecule has 30 heavy (non-hydrogen) atoms. The topological polar surface area (TPSA) is 74.2 Å². The number of nitrogens with one attached hydrogen (secondary N) is 1. The van der Waals surface area contributed by atoms with Gasteiger partial charge in [0.05, 0.1) is 23.2 Å². The number of ether oxygens (including phenoxy) is 1. The zero-order valence-electron chi connectivity index (χ0n) is 17.0. The molecule has 7 nitrogen and oxygen atoms in total. The molecule has 1 unspecified atom stereocenters. The summed E-state index contributed by atoms with van der Waals surface area (Å²) in [7, 11) is 1.56. The van der Waals surface area contributed by atoms with Crippen molar-refractivity contribution in [3.8, 4) is 0 Å². The molecular weight excluding hydrogens is 424 g/mol. The predicted molar refractivity (Wildman–Crippen MR) is 119 cm³/mol. The Kier molecular flexibility index (Phi) is 7.84. The van der Waals surface area contributed by atoms with Gasteiger partial charge in [0.1, 0.15) is 6.54 Å². The van der Waals surface area contributed by atoms with Crippen LogP contribution in [-0.4, -0.2) is 60.9 Å². The number of hydrogen-bond donors (Lipinski definition) is 1. The summed E-state index contributed by atoms with van der Waals surface area (Å²) in [4.78, 5) is 28.1. The van der Waals surface area contributed by atoms with Crippen LogP contribution in [-0.2, 0) is 9.53 Å². The molecule has 0 aliphatic carbocycles. The van der Waals surface area contributed by atoms with Gasteiger partial charge in [-0.25, -0.2) is 9.80 Å². The first-order chi connectivity index (χ1) is 14.5. The van der Waals surface area contributed by atoms with Crippen molar-refractivity contribution in [2.75, 3.05) is 33.4 Å². The molecule has 1 atom stereocenters. The highest BCUT2D eigenvalue weighted by molar-refractivity contribution is 7.12. The largest absolute Gasteiger partial charge is 0.383 e. The highest BCUT2D eigenvalue weighted by Gasteiger charge is 2.34. The van der Waals surface area contributed by atoms with E-state index < -0.39 is 0 Å². The number of hydrazone groups is 1. The third-order valence-corrected chi connectivity index (χ3v) is 5.90. The molecule has 9 heteroatoms. The Morgan fingerprint density at radius 1 is 1.33 bits per heavy atom. The number of carbonyl (C=O) groups is 2. The summed E-state index contributed by atoms with van der Waals surface area (Å²) < 4.78 is 5.09. The number of benzene rings is 1. The van der Waals surface area contributed by atoms with E-state index >= 15 is 0 Å². The number of carbonyl (C=O) groups excluding carboxylic acids is 2. The fourth-order valence-electron chi connectivity index (χ4n) is 3.23. The third-order valence-electron chi connectivity index (χ3n) is 4.73. The van der Waals surface area contributed by atoms with Crippen LogP contribution in [0.1, 0.15) is 29.8 Å². The standard InChI is InChI=1S/C21H25ClN4O3S/c1-3-23-21(28)25(10-11-29-2)14-20(27)26-18(15-6-8-16(22)9-7-15)13-17(24-26)19-5-4-12-30-19/h4-9,12,18H,3,10-11,13-14H2,1-2H3,(H,23,28). The number of halogens is 1. The fraction of sp³-hybridized carbons (Fsp3) is 0.381. The molecular formula is C21H25ClN4O3S. The van der Waals surface area contributed by atoms with Crippen LogP contribution < -0.4 is 5.32 Å². The lowest BCUT2D eigenvalue weighted by Gasteiger charge is -2.27. The van der Waals surface area contributed by atoms with E-state index in [0.717, 1.165) is 16.2 Å². The number of urea groups is 1. The van der Waals surface area contributed by atoms with Crippen molar-refractivity contribution >= 4 is 40.6 Å². The van der Waals surface area contributed by atoms with E-state index in [1.807, 2.05) is 48.7 Å². The molecule has 0 saturated heterocycles. The Morgan fingerprint density at radius 3 is 2.73 bits per heavy atom. The zero-order valence-corrected chi connectivity index (χ0v) is 18.6. The van der Waals surface area contributed by atoms with Gasteiger partial charge in [0.2, 0.25) is 0 Å². The van der Waals surface area contributed by atoms with Gasteiger partial charge in [0.25, 0.3) is 5.91 Å². The normalized spacial score (nSPS) is 15.8.